The standard InChI is InChI=1S/C9H20N2O/c1-3-11-9(12)7-4-5-8(6-7)10-2/h7-12H,3-6H2,1-2H3/t7-,8+,9?/m0/s1. The second kappa shape index (κ2) is 4.80. The maximum Gasteiger partial charge on any atom is 0.107 e. The summed E-state index contributed by atoms with van der Waals surface area (Å²) in [5.41, 5.74) is 0. The quantitative estimate of drug-likeness (QED) is 0.534. The fraction of sp³-hybridized carbons (Fsp3) is 1.00. The third-order valence-corrected chi connectivity index (χ3v) is 2.74. The lowest BCUT2D eigenvalue weighted by atomic mass is 10.1. The molecule has 0 aromatic rings. The number of hydrogen-bond acceptors (Lipinski definition) is 3. The van der Waals surface area contributed by atoms with Crippen LogP contribution in [0.3, 0.4) is 0 Å². The van der Waals surface area contributed by atoms with E-state index >= 15 is 0 Å². The molecule has 1 aliphatic rings. The highest BCUT2D eigenvalue weighted by molar-refractivity contribution is 4.82. The van der Waals surface area contributed by atoms with E-state index in [4.69, 9.17) is 0 Å². The average molecular weight is 172 g/mol. The molecule has 0 radical (unpaired) electrons. The lowest BCUT2D eigenvalue weighted by molar-refractivity contribution is 0.0783. The molecule has 0 aliphatic heterocycles. The first kappa shape index (κ1) is 9.96. The number of aliphatic hydroxyl groups excluding tert-OH is 1. The molecule has 1 aliphatic carbocycles. The van der Waals surface area contributed by atoms with Gasteiger partial charge in [-0.2, -0.15) is 0 Å². The Morgan fingerprint density at radius 3 is 2.75 bits per heavy atom. The number of hydrogen-bond donors (Lipinski definition) is 3. The van der Waals surface area contributed by atoms with Crippen LogP contribution in [-0.4, -0.2) is 31.0 Å². The molecule has 0 heterocycles. The molecule has 3 heteroatoms. The average Bonchev–Trinajstić information content (AvgIpc) is 2.52. The summed E-state index contributed by atoms with van der Waals surface area (Å²) in [6.45, 7) is 2.87. The predicted molar refractivity (Wildman–Crippen MR) is 49.9 cm³/mol. The molecule has 0 amide bonds. The molecule has 0 aromatic carbocycles. The van der Waals surface area contributed by atoms with Crippen molar-refractivity contribution < 1.29 is 5.11 Å². The molecule has 1 saturated carbocycles. The van der Waals surface area contributed by atoms with Crippen LogP contribution in [0.2, 0.25) is 0 Å². The van der Waals surface area contributed by atoms with E-state index in [-0.39, 0.29) is 6.23 Å². The summed E-state index contributed by atoms with van der Waals surface area (Å²) in [7, 11) is 1.99. The predicted octanol–water partition coefficient (Wildman–Crippen LogP) is 0.302. The summed E-state index contributed by atoms with van der Waals surface area (Å²) in [6, 6.07) is 0.614. The second-order valence-corrected chi connectivity index (χ2v) is 3.56. The van der Waals surface area contributed by atoms with Gasteiger partial charge in [-0.05, 0) is 38.8 Å². The van der Waals surface area contributed by atoms with Crippen LogP contribution in [0.4, 0.5) is 0 Å². The Morgan fingerprint density at radius 1 is 1.50 bits per heavy atom. The molecule has 1 fully saturated rings. The normalized spacial score (nSPS) is 32.2. The summed E-state index contributed by atoms with van der Waals surface area (Å²) in [6.07, 6.45) is 3.14. The summed E-state index contributed by atoms with van der Waals surface area (Å²) in [5, 5.41) is 15.9. The van der Waals surface area contributed by atoms with Crippen molar-refractivity contribution in [1.82, 2.24) is 10.6 Å². The van der Waals surface area contributed by atoms with Crippen molar-refractivity contribution in [3.63, 3.8) is 0 Å². The molecule has 72 valence electrons. The lowest BCUT2D eigenvalue weighted by Gasteiger charge is -2.18. The van der Waals surface area contributed by atoms with E-state index in [0.717, 1.165) is 19.4 Å². The monoisotopic (exact) mass is 172 g/mol. The highest BCUT2D eigenvalue weighted by Gasteiger charge is 2.28. The van der Waals surface area contributed by atoms with Gasteiger partial charge in [0, 0.05) is 6.04 Å². The van der Waals surface area contributed by atoms with Gasteiger partial charge in [0.1, 0.15) is 6.23 Å². The Hall–Kier alpha value is -0.120. The smallest absolute Gasteiger partial charge is 0.107 e. The summed E-state index contributed by atoms with van der Waals surface area (Å²) in [5.74, 6) is 0.447. The molecule has 1 rings (SSSR count). The zero-order valence-electron chi connectivity index (χ0n) is 8.01. The highest BCUT2D eigenvalue weighted by Crippen LogP contribution is 2.27. The molecule has 3 N–H and O–H groups in total. The van der Waals surface area contributed by atoms with Crippen LogP contribution in [-0.2, 0) is 0 Å². The Bertz CT molecular complexity index is 130. The summed E-state index contributed by atoms with van der Waals surface area (Å²) < 4.78 is 0. The summed E-state index contributed by atoms with van der Waals surface area (Å²) >= 11 is 0. The van der Waals surface area contributed by atoms with Crippen LogP contribution >= 0.6 is 0 Å². The van der Waals surface area contributed by atoms with Gasteiger partial charge < -0.3 is 10.4 Å². The van der Waals surface area contributed by atoms with E-state index in [1.165, 1.54) is 6.42 Å². The van der Waals surface area contributed by atoms with Crippen LogP contribution in [0.5, 0.6) is 0 Å². The van der Waals surface area contributed by atoms with Gasteiger partial charge in [0.05, 0.1) is 0 Å². The fourth-order valence-corrected chi connectivity index (χ4v) is 1.94. The van der Waals surface area contributed by atoms with Crippen molar-refractivity contribution in [3.05, 3.63) is 0 Å². The van der Waals surface area contributed by atoms with E-state index < -0.39 is 0 Å². The molecule has 1 unspecified atom stereocenters. The molecule has 3 atom stereocenters. The first-order chi connectivity index (χ1) is 5.77. The van der Waals surface area contributed by atoms with E-state index in [1.807, 2.05) is 14.0 Å². The molecule has 0 bridgehead atoms. The topological polar surface area (TPSA) is 44.3 Å². The van der Waals surface area contributed by atoms with Crippen molar-refractivity contribution in [1.29, 1.82) is 0 Å². The maximum atomic E-state index is 9.62. The number of aliphatic hydroxyl groups is 1. The molecule has 0 spiro atoms. The summed E-state index contributed by atoms with van der Waals surface area (Å²) in [4.78, 5) is 0. The van der Waals surface area contributed by atoms with Gasteiger partial charge in [-0.15, -0.1) is 0 Å². The first-order valence-electron chi connectivity index (χ1n) is 4.86. The Kier molecular flexibility index (Phi) is 3.98. The SMILES string of the molecule is CCNC(O)[C@H]1CC[C@@H](NC)C1. The van der Waals surface area contributed by atoms with Crippen molar-refractivity contribution >= 4 is 0 Å². The Balaban J connectivity index is 2.25. The van der Waals surface area contributed by atoms with Crippen LogP contribution in [0.1, 0.15) is 26.2 Å². The van der Waals surface area contributed by atoms with E-state index in [9.17, 15) is 5.11 Å². The number of rotatable bonds is 4. The second-order valence-electron chi connectivity index (χ2n) is 3.56. The van der Waals surface area contributed by atoms with E-state index in [2.05, 4.69) is 10.6 Å². The van der Waals surface area contributed by atoms with Crippen molar-refractivity contribution in [3.8, 4) is 0 Å². The molecule has 12 heavy (non-hydrogen) atoms. The van der Waals surface area contributed by atoms with E-state index in [0.29, 0.717) is 12.0 Å². The zero-order chi connectivity index (χ0) is 8.97. The lowest BCUT2D eigenvalue weighted by Crippen LogP contribution is -2.35. The third-order valence-electron chi connectivity index (χ3n) is 2.74. The van der Waals surface area contributed by atoms with Gasteiger partial charge in [0.2, 0.25) is 0 Å². The van der Waals surface area contributed by atoms with Crippen molar-refractivity contribution in [2.45, 2.75) is 38.5 Å². The largest absolute Gasteiger partial charge is 0.378 e. The molecule has 0 saturated heterocycles. The Morgan fingerprint density at radius 2 is 2.25 bits per heavy atom. The van der Waals surface area contributed by atoms with Gasteiger partial charge in [0.15, 0.2) is 0 Å². The maximum absolute atomic E-state index is 9.62. The minimum atomic E-state index is -0.298. The van der Waals surface area contributed by atoms with Gasteiger partial charge in [-0.1, -0.05) is 6.92 Å². The number of nitrogens with one attached hydrogen (secondary N) is 2. The van der Waals surface area contributed by atoms with Crippen molar-refractivity contribution in [2.75, 3.05) is 13.6 Å². The Labute approximate surface area is 74.5 Å². The molecular weight excluding hydrogens is 152 g/mol. The molecule has 0 aromatic heterocycles. The highest BCUT2D eigenvalue weighted by atomic mass is 16.3. The van der Waals surface area contributed by atoms with Crippen LogP contribution in [0.25, 0.3) is 0 Å². The minimum Gasteiger partial charge on any atom is -0.378 e. The van der Waals surface area contributed by atoms with Crippen LogP contribution < -0.4 is 10.6 Å². The van der Waals surface area contributed by atoms with Crippen LogP contribution in [0.15, 0.2) is 0 Å². The van der Waals surface area contributed by atoms with Gasteiger partial charge in [-0.3, -0.25) is 5.32 Å². The van der Waals surface area contributed by atoms with Gasteiger partial charge in [-0.25, -0.2) is 0 Å². The minimum absolute atomic E-state index is 0.298. The van der Waals surface area contributed by atoms with Crippen LogP contribution in [0, 0.1) is 5.92 Å². The third kappa shape index (κ3) is 2.44. The zero-order valence-corrected chi connectivity index (χ0v) is 8.01. The van der Waals surface area contributed by atoms with Crippen molar-refractivity contribution in [2.24, 2.45) is 5.92 Å². The van der Waals surface area contributed by atoms with Gasteiger partial charge in [0.25, 0.3) is 0 Å². The first-order valence-corrected chi connectivity index (χ1v) is 4.86. The van der Waals surface area contributed by atoms with E-state index in [1.54, 1.807) is 0 Å². The molecular formula is C9H20N2O. The molecule has 3 nitrogen and oxygen atoms in total. The van der Waals surface area contributed by atoms with Gasteiger partial charge >= 0.3 is 0 Å². The fourth-order valence-electron chi connectivity index (χ4n) is 1.94.